The zero-order chi connectivity index (χ0) is 13.3. The van der Waals surface area contributed by atoms with E-state index in [0.717, 1.165) is 0 Å². The van der Waals surface area contributed by atoms with Crippen molar-refractivity contribution in [2.24, 2.45) is 0 Å². The molecule has 0 spiro atoms. The lowest BCUT2D eigenvalue weighted by atomic mass is 10.1. The van der Waals surface area contributed by atoms with Crippen molar-refractivity contribution in [1.82, 2.24) is 15.0 Å². The molecular formula is C12H15N3O3. The van der Waals surface area contributed by atoms with Gasteiger partial charge in [0.25, 0.3) is 0 Å². The second-order valence-electron chi connectivity index (χ2n) is 4.69. The van der Waals surface area contributed by atoms with Gasteiger partial charge in [-0.05, 0) is 19.9 Å². The van der Waals surface area contributed by atoms with Gasteiger partial charge < -0.3 is 14.8 Å². The molecule has 0 amide bonds. The van der Waals surface area contributed by atoms with Gasteiger partial charge in [-0.15, -0.1) is 0 Å². The third-order valence-electron chi connectivity index (χ3n) is 2.82. The average Bonchev–Trinajstić information content (AvgIpc) is 2.69. The molecule has 0 aliphatic carbocycles. The fourth-order valence-electron chi connectivity index (χ4n) is 1.70. The van der Waals surface area contributed by atoms with E-state index in [2.05, 4.69) is 15.0 Å². The monoisotopic (exact) mass is 249 g/mol. The summed E-state index contributed by atoms with van der Waals surface area (Å²) in [6, 6.07) is 1.45. The molecule has 0 aliphatic rings. The van der Waals surface area contributed by atoms with Crippen LogP contribution in [0.2, 0.25) is 0 Å². The number of carbonyl (C=O) groups is 1. The summed E-state index contributed by atoms with van der Waals surface area (Å²) in [6.45, 7) is 3.87. The molecule has 0 aliphatic heterocycles. The number of rotatable bonds is 4. The second-order valence-corrected chi connectivity index (χ2v) is 4.69. The van der Waals surface area contributed by atoms with Gasteiger partial charge in [-0.2, -0.15) is 0 Å². The summed E-state index contributed by atoms with van der Waals surface area (Å²) in [4.78, 5) is 22.4. The summed E-state index contributed by atoms with van der Waals surface area (Å²) in [6.07, 6.45) is 2.00. The Kier molecular flexibility index (Phi) is 3.04. The molecule has 2 aromatic heterocycles. The molecule has 6 heteroatoms. The molecule has 0 bridgehead atoms. The second kappa shape index (κ2) is 4.38. The Morgan fingerprint density at radius 2 is 2.28 bits per heavy atom. The molecule has 6 nitrogen and oxygen atoms in total. The molecule has 0 radical (unpaired) electrons. The molecule has 2 heterocycles. The molecule has 0 fully saturated rings. The summed E-state index contributed by atoms with van der Waals surface area (Å²) in [5.74, 6) is -0.332. The van der Waals surface area contributed by atoms with Gasteiger partial charge in [0.15, 0.2) is 5.65 Å². The van der Waals surface area contributed by atoms with E-state index in [0.29, 0.717) is 23.4 Å². The maximum Gasteiger partial charge on any atom is 0.338 e. The number of ether oxygens (including phenoxy) is 1. The van der Waals surface area contributed by atoms with Crippen molar-refractivity contribution in [3.05, 3.63) is 23.7 Å². The van der Waals surface area contributed by atoms with Gasteiger partial charge in [0.1, 0.15) is 5.82 Å². The van der Waals surface area contributed by atoms with Crippen molar-refractivity contribution in [1.29, 1.82) is 0 Å². The van der Waals surface area contributed by atoms with Crippen LogP contribution in [0.3, 0.4) is 0 Å². The van der Waals surface area contributed by atoms with Crippen molar-refractivity contribution < 1.29 is 14.6 Å². The molecule has 2 aromatic rings. The summed E-state index contributed by atoms with van der Waals surface area (Å²) < 4.78 is 5.32. The lowest BCUT2D eigenvalue weighted by molar-refractivity contribution is 0.0218. The van der Waals surface area contributed by atoms with Crippen LogP contribution in [0.5, 0.6) is 0 Å². The molecule has 96 valence electrons. The van der Waals surface area contributed by atoms with Crippen LogP contribution in [0.15, 0.2) is 12.3 Å². The number of aromatic amines is 1. The molecule has 18 heavy (non-hydrogen) atoms. The molecule has 0 unspecified atom stereocenters. The maximum atomic E-state index is 11.1. The fourth-order valence-corrected chi connectivity index (χ4v) is 1.70. The molecular weight excluding hydrogens is 234 g/mol. The van der Waals surface area contributed by atoms with Crippen LogP contribution in [0.4, 0.5) is 0 Å². The van der Waals surface area contributed by atoms with E-state index in [1.807, 2.05) is 13.8 Å². The normalized spacial score (nSPS) is 11.9. The van der Waals surface area contributed by atoms with Gasteiger partial charge in [-0.3, -0.25) is 0 Å². The Labute approximate surface area is 104 Å². The average molecular weight is 249 g/mol. The number of aromatic nitrogens is 3. The molecule has 2 rings (SSSR count). The quantitative estimate of drug-likeness (QED) is 0.859. The highest BCUT2D eigenvalue weighted by Gasteiger charge is 2.21. The minimum atomic E-state index is -0.997. The van der Waals surface area contributed by atoms with Crippen molar-refractivity contribution in [3.63, 3.8) is 0 Å². The first-order valence-electron chi connectivity index (χ1n) is 5.55. The minimum absolute atomic E-state index is 0.175. The Morgan fingerprint density at radius 1 is 1.56 bits per heavy atom. The van der Waals surface area contributed by atoms with E-state index in [-0.39, 0.29) is 11.2 Å². The van der Waals surface area contributed by atoms with Crippen LogP contribution in [0.1, 0.15) is 30.0 Å². The third kappa shape index (κ3) is 2.33. The molecule has 0 saturated carbocycles. The SMILES string of the molecule is COC(C)(C)Cc1nc2nccc(C(=O)O)c2[nH]1. The number of carboxylic acids is 1. The van der Waals surface area contributed by atoms with E-state index in [1.54, 1.807) is 7.11 Å². The van der Waals surface area contributed by atoms with Crippen molar-refractivity contribution in [2.75, 3.05) is 7.11 Å². The maximum absolute atomic E-state index is 11.1. The Morgan fingerprint density at radius 3 is 2.89 bits per heavy atom. The lowest BCUT2D eigenvalue weighted by Crippen LogP contribution is -2.26. The zero-order valence-corrected chi connectivity index (χ0v) is 10.5. The number of methoxy groups -OCH3 is 1. The molecule has 0 aromatic carbocycles. The number of hydrogen-bond donors (Lipinski definition) is 2. The number of fused-ring (bicyclic) bond motifs is 1. The molecule has 2 N–H and O–H groups in total. The van der Waals surface area contributed by atoms with Gasteiger partial charge in [0.05, 0.1) is 16.7 Å². The molecule has 0 saturated heterocycles. The van der Waals surface area contributed by atoms with Crippen LogP contribution in [0, 0.1) is 0 Å². The fraction of sp³-hybridized carbons (Fsp3) is 0.417. The van der Waals surface area contributed by atoms with E-state index in [9.17, 15) is 4.79 Å². The summed E-state index contributed by atoms with van der Waals surface area (Å²) in [7, 11) is 1.63. The van der Waals surface area contributed by atoms with E-state index >= 15 is 0 Å². The van der Waals surface area contributed by atoms with Gasteiger partial charge in [-0.1, -0.05) is 0 Å². The number of pyridine rings is 1. The van der Waals surface area contributed by atoms with E-state index in [1.165, 1.54) is 12.3 Å². The van der Waals surface area contributed by atoms with Crippen LogP contribution in [-0.2, 0) is 11.2 Å². The predicted octanol–water partition coefficient (Wildman–Crippen LogP) is 1.62. The number of aromatic carboxylic acids is 1. The van der Waals surface area contributed by atoms with Crippen molar-refractivity contribution in [3.8, 4) is 0 Å². The van der Waals surface area contributed by atoms with Crippen molar-refractivity contribution in [2.45, 2.75) is 25.9 Å². The van der Waals surface area contributed by atoms with E-state index < -0.39 is 5.97 Å². The number of H-pyrrole nitrogens is 1. The van der Waals surface area contributed by atoms with Gasteiger partial charge >= 0.3 is 5.97 Å². The highest BCUT2D eigenvalue weighted by atomic mass is 16.5. The Balaban J connectivity index is 2.45. The predicted molar refractivity (Wildman–Crippen MR) is 65.6 cm³/mol. The summed E-state index contributed by atoms with van der Waals surface area (Å²) >= 11 is 0. The minimum Gasteiger partial charge on any atom is -0.478 e. The largest absolute Gasteiger partial charge is 0.478 e. The third-order valence-corrected chi connectivity index (χ3v) is 2.82. The topological polar surface area (TPSA) is 88.1 Å². The number of nitrogens with one attached hydrogen (secondary N) is 1. The summed E-state index contributed by atoms with van der Waals surface area (Å²) in [5.41, 5.74) is 0.676. The van der Waals surface area contributed by atoms with Crippen LogP contribution >= 0.6 is 0 Å². The highest BCUT2D eigenvalue weighted by Crippen LogP contribution is 2.18. The Hall–Kier alpha value is -1.95. The van der Waals surface area contributed by atoms with Crippen molar-refractivity contribution >= 4 is 17.1 Å². The number of hydrogen-bond acceptors (Lipinski definition) is 4. The summed E-state index contributed by atoms with van der Waals surface area (Å²) in [5, 5.41) is 9.07. The van der Waals surface area contributed by atoms with Gasteiger partial charge in [-0.25, -0.2) is 14.8 Å². The van der Waals surface area contributed by atoms with Gasteiger partial charge in [0, 0.05) is 19.7 Å². The lowest BCUT2D eigenvalue weighted by Gasteiger charge is -2.21. The number of imidazole rings is 1. The Bertz CT molecular complexity index is 589. The van der Waals surface area contributed by atoms with Crippen LogP contribution in [-0.4, -0.2) is 38.7 Å². The van der Waals surface area contributed by atoms with Crippen LogP contribution in [0.25, 0.3) is 11.2 Å². The van der Waals surface area contributed by atoms with Gasteiger partial charge in [0.2, 0.25) is 0 Å². The first-order chi connectivity index (χ1) is 8.43. The van der Waals surface area contributed by atoms with Crippen LogP contribution < -0.4 is 0 Å². The number of nitrogens with zero attached hydrogens (tertiary/aromatic N) is 2. The smallest absolute Gasteiger partial charge is 0.338 e. The first kappa shape index (κ1) is 12.5. The highest BCUT2D eigenvalue weighted by molar-refractivity contribution is 5.99. The number of carboxylic acid groups (broad SMARTS) is 1. The zero-order valence-electron chi connectivity index (χ0n) is 10.5. The first-order valence-corrected chi connectivity index (χ1v) is 5.55. The standard InChI is InChI=1S/C12H15N3O3/c1-12(2,18-3)6-8-14-9-7(11(16)17)4-5-13-10(9)15-8/h4-5H,6H2,1-3H3,(H,16,17)(H,13,14,15). The molecule has 0 atom stereocenters. The van der Waals surface area contributed by atoms with E-state index in [4.69, 9.17) is 9.84 Å².